The van der Waals surface area contributed by atoms with Crippen molar-refractivity contribution in [3.63, 3.8) is 0 Å². The van der Waals surface area contributed by atoms with E-state index in [4.69, 9.17) is 9.97 Å². The molecule has 0 radical (unpaired) electrons. The molecule has 4 nitrogen and oxygen atoms in total. The van der Waals surface area contributed by atoms with Crippen molar-refractivity contribution in [2.75, 3.05) is 0 Å². The first-order chi connectivity index (χ1) is 43.2. The van der Waals surface area contributed by atoms with Crippen LogP contribution in [0.4, 0.5) is 0 Å². The molecular weight excluding hydrogens is 1050 g/mol. The van der Waals surface area contributed by atoms with Crippen LogP contribution >= 0.6 is 0 Å². The summed E-state index contributed by atoms with van der Waals surface area (Å²) in [5.74, 6) is 1.83. The monoisotopic (exact) mass is 1100 g/mol. The molecule has 87 heavy (non-hydrogen) atoms. The molecule has 404 valence electrons. The normalized spacial score (nSPS) is 13.1. The van der Waals surface area contributed by atoms with E-state index in [1.807, 2.05) is 24.5 Å². The van der Waals surface area contributed by atoms with Crippen molar-refractivity contribution < 1.29 is 0 Å². The van der Waals surface area contributed by atoms with Crippen LogP contribution in [-0.2, 0) is 5.41 Å². The number of fused-ring (bicyclic) bond motifs is 18. The lowest BCUT2D eigenvalue weighted by atomic mass is 9.70. The summed E-state index contributed by atoms with van der Waals surface area (Å²) in [5.41, 5.74) is 24.0. The molecule has 0 amide bonds. The summed E-state index contributed by atoms with van der Waals surface area (Å²) >= 11 is 0. The summed E-state index contributed by atoms with van der Waals surface area (Å²) in [4.78, 5) is 9.51. The first-order valence-electron chi connectivity index (χ1n) is 29.9. The van der Waals surface area contributed by atoms with Crippen LogP contribution in [0.2, 0.25) is 0 Å². The minimum Gasteiger partial charge on any atom is -0.294 e. The van der Waals surface area contributed by atoms with Crippen LogP contribution in [0.3, 0.4) is 0 Å². The van der Waals surface area contributed by atoms with Crippen molar-refractivity contribution in [2.24, 2.45) is 0 Å². The number of nitrogens with zero attached hydrogens (tertiary/aromatic N) is 4. The van der Waals surface area contributed by atoms with Crippen LogP contribution in [0.1, 0.15) is 44.5 Å². The highest BCUT2D eigenvalue weighted by molar-refractivity contribution is 6.14. The lowest BCUT2D eigenvalue weighted by Crippen LogP contribution is -2.26. The van der Waals surface area contributed by atoms with Crippen molar-refractivity contribution in [1.29, 1.82) is 0 Å². The van der Waals surface area contributed by atoms with Crippen LogP contribution < -0.4 is 0 Å². The Morgan fingerprint density at radius 1 is 0.253 bits per heavy atom. The molecule has 0 bridgehead atoms. The molecule has 0 aliphatic heterocycles. The van der Waals surface area contributed by atoms with Gasteiger partial charge in [0.2, 0.25) is 0 Å². The Kier molecular flexibility index (Phi) is 10.9. The van der Waals surface area contributed by atoms with E-state index in [9.17, 15) is 0 Å². The topological polar surface area (TPSA) is 35.6 Å². The summed E-state index contributed by atoms with van der Waals surface area (Å²) in [6.45, 7) is 0. The largest absolute Gasteiger partial charge is 0.294 e. The van der Waals surface area contributed by atoms with Gasteiger partial charge in [0.25, 0.3) is 0 Å². The van der Waals surface area contributed by atoms with Crippen LogP contribution in [0.5, 0.6) is 0 Å². The van der Waals surface area contributed by atoms with Gasteiger partial charge in [-0.2, -0.15) is 0 Å². The second kappa shape index (κ2) is 19.3. The summed E-state index contributed by atoms with van der Waals surface area (Å²) in [7, 11) is 0. The standard InChI is InChI=1S/C83H52N4/c1-3-19-63-59(17-1)55(37-43-61(63)57-39-45-79-71(51-57)69-23-7-11-27-77(69)86(79)81-29-13-15-47-84-81)35-31-53-33-41-67-68-42-34-54(50-76(68)83(75(67)49-53)73-25-9-5-21-65(73)66-22-6-10-26-74(66)83)32-36-56-38-44-62(64-20-4-2-18-60(56)64)58-40-46-80-72(52-58)70-24-8-12-28-78(70)87(80)82-30-14-16-48-85-82/h1-52H/b35-31+,36-32+. The predicted octanol–water partition coefficient (Wildman–Crippen LogP) is 21.0. The average Bonchev–Trinajstić information content (AvgIpc) is 1.64. The number of para-hydroxylation sites is 2. The molecule has 2 aliphatic rings. The summed E-state index contributed by atoms with van der Waals surface area (Å²) < 4.78 is 4.55. The molecule has 18 rings (SSSR count). The van der Waals surface area contributed by atoms with Crippen LogP contribution in [-0.4, -0.2) is 19.1 Å². The van der Waals surface area contributed by atoms with E-state index >= 15 is 0 Å². The fraction of sp³-hybridized carbons (Fsp3) is 0.0120. The number of benzene rings is 12. The summed E-state index contributed by atoms with van der Waals surface area (Å²) in [6, 6.07) is 103. The third-order valence-corrected chi connectivity index (χ3v) is 18.7. The Hall–Kier alpha value is -11.5. The third-order valence-electron chi connectivity index (χ3n) is 18.7. The maximum Gasteiger partial charge on any atom is 0.137 e. The first kappa shape index (κ1) is 49.0. The Morgan fingerprint density at radius 3 is 1.09 bits per heavy atom. The Balaban J connectivity index is 0.710. The summed E-state index contributed by atoms with van der Waals surface area (Å²) in [5, 5.41) is 9.73. The maximum absolute atomic E-state index is 4.76. The molecule has 4 heteroatoms. The van der Waals surface area contributed by atoms with E-state index in [0.717, 1.165) is 44.8 Å². The van der Waals surface area contributed by atoms with E-state index in [1.54, 1.807) is 0 Å². The quantitative estimate of drug-likeness (QED) is 0.142. The van der Waals surface area contributed by atoms with E-state index < -0.39 is 5.41 Å². The molecule has 4 aromatic heterocycles. The fourth-order valence-corrected chi connectivity index (χ4v) is 14.9. The van der Waals surface area contributed by atoms with Crippen LogP contribution in [0.25, 0.3) is 146 Å². The van der Waals surface area contributed by atoms with Crippen molar-refractivity contribution in [3.05, 3.63) is 336 Å². The number of aromatic nitrogens is 4. The summed E-state index contributed by atoms with van der Waals surface area (Å²) in [6.07, 6.45) is 13.0. The fourth-order valence-electron chi connectivity index (χ4n) is 14.9. The molecule has 0 N–H and O–H groups in total. The van der Waals surface area contributed by atoms with Gasteiger partial charge in [-0.05, 0) is 183 Å². The Morgan fingerprint density at radius 2 is 0.632 bits per heavy atom. The van der Waals surface area contributed by atoms with Gasteiger partial charge >= 0.3 is 0 Å². The molecule has 1 spiro atoms. The van der Waals surface area contributed by atoms with E-state index in [2.05, 4.69) is 300 Å². The highest BCUT2D eigenvalue weighted by Crippen LogP contribution is 2.63. The second-order valence-electron chi connectivity index (χ2n) is 23.2. The zero-order chi connectivity index (χ0) is 57.2. The van der Waals surface area contributed by atoms with Crippen LogP contribution in [0.15, 0.2) is 291 Å². The van der Waals surface area contributed by atoms with Gasteiger partial charge in [0, 0.05) is 33.9 Å². The molecule has 12 aromatic carbocycles. The van der Waals surface area contributed by atoms with Crippen molar-refractivity contribution in [1.82, 2.24) is 19.1 Å². The molecule has 2 aliphatic carbocycles. The van der Waals surface area contributed by atoms with Gasteiger partial charge in [0.1, 0.15) is 11.6 Å². The highest BCUT2D eigenvalue weighted by Gasteiger charge is 2.51. The van der Waals surface area contributed by atoms with E-state index in [0.29, 0.717) is 0 Å². The second-order valence-corrected chi connectivity index (χ2v) is 23.2. The average molecular weight is 1110 g/mol. The number of hydrogen-bond acceptors (Lipinski definition) is 2. The molecule has 0 fully saturated rings. The minimum atomic E-state index is -0.510. The van der Waals surface area contributed by atoms with Gasteiger partial charge in [0.15, 0.2) is 0 Å². The number of hydrogen-bond donors (Lipinski definition) is 0. The predicted molar refractivity (Wildman–Crippen MR) is 364 cm³/mol. The Bertz CT molecular complexity index is 5240. The zero-order valence-corrected chi connectivity index (χ0v) is 47.3. The lowest BCUT2D eigenvalue weighted by molar-refractivity contribution is 0.793. The number of pyridine rings is 2. The molecule has 0 atom stereocenters. The van der Waals surface area contributed by atoms with Crippen LogP contribution in [0, 0.1) is 0 Å². The van der Waals surface area contributed by atoms with Gasteiger partial charge in [0.05, 0.1) is 27.5 Å². The van der Waals surface area contributed by atoms with Gasteiger partial charge in [-0.3, -0.25) is 9.13 Å². The van der Waals surface area contributed by atoms with Gasteiger partial charge in [-0.1, -0.05) is 231 Å². The van der Waals surface area contributed by atoms with Gasteiger partial charge < -0.3 is 0 Å². The SMILES string of the molecule is C(=C\c1ccc(-c2ccc3c(c2)c2ccccc2n3-c2ccccn2)c2ccccc12)/c1ccc2c(c1)C1(c3ccccc3-c3ccccc31)c1cc(/C=C/c3ccc(-c4ccc5c(c4)c4ccccc4n5-c4ccccn4)c4ccccc34)ccc1-2. The Labute approximate surface area is 503 Å². The maximum atomic E-state index is 4.76. The van der Waals surface area contributed by atoms with Crippen molar-refractivity contribution in [3.8, 4) is 56.1 Å². The minimum absolute atomic E-state index is 0.510. The van der Waals surface area contributed by atoms with Crippen molar-refractivity contribution >= 4 is 89.5 Å². The van der Waals surface area contributed by atoms with Crippen molar-refractivity contribution in [2.45, 2.75) is 5.41 Å². The molecule has 0 saturated carbocycles. The smallest absolute Gasteiger partial charge is 0.137 e. The van der Waals surface area contributed by atoms with E-state index in [1.165, 1.54) is 121 Å². The van der Waals surface area contributed by atoms with E-state index in [-0.39, 0.29) is 0 Å². The molecule has 0 saturated heterocycles. The van der Waals surface area contributed by atoms with Gasteiger partial charge in [-0.25, -0.2) is 9.97 Å². The molecular formula is C83H52N4. The molecule has 0 unspecified atom stereocenters. The lowest BCUT2D eigenvalue weighted by Gasteiger charge is -2.30. The highest BCUT2D eigenvalue weighted by atomic mass is 15.1. The zero-order valence-electron chi connectivity index (χ0n) is 47.3. The van der Waals surface area contributed by atoms with Gasteiger partial charge in [-0.15, -0.1) is 0 Å². The molecule has 4 heterocycles. The number of rotatable bonds is 8. The molecule has 16 aromatic rings. The third kappa shape index (κ3) is 7.38. The first-order valence-corrected chi connectivity index (χ1v) is 29.9.